The fourth-order valence-corrected chi connectivity index (χ4v) is 1.48. The van der Waals surface area contributed by atoms with Gasteiger partial charge in [-0.2, -0.15) is 0 Å². The Bertz CT molecular complexity index is 279. The van der Waals surface area contributed by atoms with Crippen molar-refractivity contribution in [2.45, 2.75) is 19.4 Å². The summed E-state index contributed by atoms with van der Waals surface area (Å²) in [4.78, 5) is 2.96. The molecule has 4 heteroatoms. The zero-order valence-electron chi connectivity index (χ0n) is 7.41. The van der Waals surface area contributed by atoms with Gasteiger partial charge in [0.15, 0.2) is 4.77 Å². The van der Waals surface area contributed by atoms with E-state index in [1.54, 1.807) is 7.11 Å². The molecule has 3 nitrogen and oxygen atoms in total. The Balaban J connectivity index is 2.79. The summed E-state index contributed by atoms with van der Waals surface area (Å²) in [5.74, 6) is 0. The summed E-state index contributed by atoms with van der Waals surface area (Å²) in [5.41, 5.74) is 0. The van der Waals surface area contributed by atoms with E-state index in [2.05, 4.69) is 11.9 Å². The maximum Gasteiger partial charge on any atom is 0.177 e. The van der Waals surface area contributed by atoms with Crippen LogP contribution in [0.5, 0.6) is 0 Å². The SMILES string of the molecule is CCC(COC)n1cc[nH]c1=S. The molecule has 0 aliphatic heterocycles. The highest BCUT2D eigenvalue weighted by Gasteiger charge is 2.07. The van der Waals surface area contributed by atoms with Crippen molar-refractivity contribution < 1.29 is 4.74 Å². The maximum atomic E-state index is 5.09. The van der Waals surface area contributed by atoms with Gasteiger partial charge in [0.05, 0.1) is 12.6 Å². The lowest BCUT2D eigenvalue weighted by atomic mass is 10.2. The number of hydrogen-bond donors (Lipinski definition) is 1. The van der Waals surface area contributed by atoms with E-state index in [-0.39, 0.29) is 0 Å². The molecule has 0 aliphatic carbocycles. The summed E-state index contributed by atoms with van der Waals surface area (Å²) >= 11 is 5.09. The second-order valence-electron chi connectivity index (χ2n) is 2.69. The summed E-state index contributed by atoms with van der Waals surface area (Å²) in [5, 5.41) is 0. The quantitative estimate of drug-likeness (QED) is 0.730. The third-order valence-electron chi connectivity index (χ3n) is 1.90. The van der Waals surface area contributed by atoms with Crippen LogP contribution in [0.2, 0.25) is 0 Å². The fourth-order valence-electron chi connectivity index (χ4n) is 1.21. The number of rotatable bonds is 4. The summed E-state index contributed by atoms with van der Waals surface area (Å²) in [6, 6.07) is 0.355. The topological polar surface area (TPSA) is 29.9 Å². The number of aromatic amines is 1. The molecule has 0 fully saturated rings. The number of H-pyrrole nitrogens is 1. The highest BCUT2D eigenvalue weighted by atomic mass is 32.1. The Labute approximate surface area is 77.4 Å². The molecule has 12 heavy (non-hydrogen) atoms. The normalized spacial score (nSPS) is 13.2. The smallest absolute Gasteiger partial charge is 0.177 e. The summed E-state index contributed by atoms with van der Waals surface area (Å²) < 4.78 is 7.88. The lowest BCUT2D eigenvalue weighted by Crippen LogP contribution is -2.12. The Hall–Kier alpha value is -0.610. The van der Waals surface area contributed by atoms with Crippen LogP contribution in [-0.2, 0) is 4.74 Å². The van der Waals surface area contributed by atoms with E-state index >= 15 is 0 Å². The molecule has 0 aliphatic rings. The van der Waals surface area contributed by atoms with Crippen LogP contribution in [0, 0.1) is 4.77 Å². The van der Waals surface area contributed by atoms with Crippen LogP contribution in [-0.4, -0.2) is 23.3 Å². The molecule has 1 rings (SSSR count). The van der Waals surface area contributed by atoms with E-state index in [0.29, 0.717) is 12.6 Å². The van der Waals surface area contributed by atoms with Crippen molar-refractivity contribution in [1.29, 1.82) is 0 Å². The van der Waals surface area contributed by atoms with Gasteiger partial charge in [-0.05, 0) is 18.6 Å². The molecular formula is C8H14N2OS. The Kier molecular flexibility index (Phi) is 3.49. The summed E-state index contributed by atoms with van der Waals surface area (Å²) in [6.07, 6.45) is 4.83. The van der Waals surface area contributed by atoms with Gasteiger partial charge >= 0.3 is 0 Å². The minimum atomic E-state index is 0.355. The number of ether oxygens (including phenoxy) is 1. The number of nitrogens with zero attached hydrogens (tertiary/aromatic N) is 1. The number of aromatic nitrogens is 2. The molecular weight excluding hydrogens is 172 g/mol. The van der Waals surface area contributed by atoms with Gasteiger partial charge < -0.3 is 14.3 Å². The minimum Gasteiger partial charge on any atom is -0.383 e. The lowest BCUT2D eigenvalue weighted by Gasteiger charge is -2.14. The zero-order valence-corrected chi connectivity index (χ0v) is 8.23. The van der Waals surface area contributed by atoms with E-state index < -0.39 is 0 Å². The molecule has 0 spiro atoms. The predicted molar refractivity (Wildman–Crippen MR) is 50.8 cm³/mol. The maximum absolute atomic E-state index is 5.09. The van der Waals surface area contributed by atoms with Crippen LogP contribution in [0.1, 0.15) is 19.4 Å². The first-order chi connectivity index (χ1) is 5.79. The minimum absolute atomic E-state index is 0.355. The highest BCUT2D eigenvalue weighted by Crippen LogP contribution is 2.11. The number of hydrogen-bond acceptors (Lipinski definition) is 2. The van der Waals surface area contributed by atoms with Crippen LogP contribution in [0.3, 0.4) is 0 Å². The first-order valence-electron chi connectivity index (χ1n) is 4.04. The second kappa shape index (κ2) is 4.42. The molecule has 1 atom stereocenters. The van der Waals surface area contributed by atoms with E-state index in [9.17, 15) is 0 Å². The summed E-state index contributed by atoms with van der Waals surface area (Å²) in [7, 11) is 1.71. The van der Waals surface area contributed by atoms with E-state index in [1.807, 2.05) is 17.0 Å². The van der Waals surface area contributed by atoms with Crippen molar-refractivity contribution in [3.05, 3.63) is 17.2 Å². The molecule has 1 aromatic rings. The molecule has 0 saturated heterocycles. The number of nitrogens with one attached hydrogen (secondary N) is 1. The standard InChI is InChI=1S/C8H14N2OS/c1-3-7(6-11-2)10-5-4-9-8(10)12/h4-5,7H,3,6H2,1-2H3,(H,9,12). The van der Waals surface area contributed by atoms with Gasteiger partial charge in [-0.1, -0.05) is 6.92 Å². The first-order valence-corrected chi connectivity index (χ1v) is 4.44. The van der Waals surface area contributed by atoms with Crippen molar-refractivity contribution >= 4 is 12.2 Å². The van der Waals surface area contributed by atoms with Crippen molar-refractivity contribution in [2.75, 3.05) is 13.7 Å². The third-order valence-corrected chi connectivity index (χ3v) is 2.23. The highest BCUT2D eigenvalue weighted by molar-refractivity contribution is 7.71. The Morgan fingerprint density at radius 3 is 2.92 bits per heavy atom. The van der Waals surface area contributed by atoms with Crippen molar-refractivity contribution in [3.63, 3.8) is 0 Å². The van der Waals surface area contributed by atoms with E-state index in [0.717, 1.165) is 11.2 Å². The van der Waals surface area contributed by atoms with Gasteiger partial charge in [0.2, 0.25) is 0 Å². The van der Waals surface area contributed by atoms with Crippen LogP contribution < -0.4 is 0 Å². The van der Waals surface area contributed by atoms with Crippen LogP contribution in [0.25, 0.3) is 0 Å². The predicted octanol–water partition coefficient (Wildman–Crippen LogP) is 2.14. The molecule has 1 aromatic heterocycles. The average Bonchev–Trinajstić information content (AvgIpc) is 2.47. The zero-order chi connectivity index (χ0) is 8.97. The molecule has 68 valence electrons. The third kappa shape index (κ3) is 1.95. The molecule has 1 unspecified atom stereocenters. The van der Waals surface area contributed by atoms with Crippen molar-refractivity contribution in [3.8, 4) is 0 Å². The van der Waals surface area contributed by atoms with Gasteiger partial charge in [0, 0.05) is 19.5 Å². The van der Waals surface area contributed by atoms with Gasteiger partial charge in [0.25, 0.3) is 0 Å². The molecule has 1 heterocycles. The van der Waals surface area contributed by atoms with Gasteiger partial charge in [-0.15, -0.1) is 0 Å². The molecule has 0 radical (unpaired) electrons. The number of methoxy groups -OCH3 is 1. The molecule has 0 aromatic carbocycles. The van der Waals surface area contributed by atoms with E-state index in [4.69, 9.17) is 17.0 Å². The summed E-state index contributed by atoms with van der Waals surface area (Å²) in [6.45, 7) is 2.83. The number of imidazole rings is 1. The Morgan fingerprint density at radius 2 is 2.50 bits per heavy atom. The average molecular weight is 186 g/mol. The van der Waals surface area contributed by atoms with E-state index in [1.165, 1.54) is 0 Å². The van der Waals surface area contributed by atoms with Gasteiger partial charge in [-0.3, -0.25) is 0 Å². The van der Waals surface area contributed by atoms with Crippen molar-refractivity contribution in [1.82, 2.24) is 9.55 Å². The monoisotopic (exact) mass is 186 g/mol. The molecule has 0 bridgehead atoms. The Morgan fingerprint density at radius 1 is 1.75 bits per heavy atom. The van der Waals surface area contributed by atoms with Crippen LogP contribution in [0.15, 0.2) is 12.4 Å². The van der Waals surface area contributed by atoms with Gasteiger partial charge in [0.1, 0.15) is 0 Å². The van der Waals surface area contributed by atoms with Gasteiger partial charge in [-0.25, -0.2) is 0 Å². The lowest BCUT2D eigenvalue weighted by molar-refractivity contribution is 0.152. The largest absolute Gasteiger partial charge is 0.383 e. The van der Waals surface area contributed by atoms with Crippen LogP contribution in [0.4, 0.5) is 0 Å². The fraction of sp³-hybridized carbons (Fsp3) is 0.625. The molecule has 1 N–H and O–H groups in total. The molecule has 0 saturated carbocycles. The first kappa shape index (κ1) is 9.48. The van der Waals surface area contributed by atoms with Crippen LogP contribution >= 0.6 is 12.2 Å². The van der Waals surface area contributed by atoms with Crippen molar-refractivity contribution in [2.24, 2.45) is 0 Å². The second-order valence-corrected chi connectivity index (χ2v) is 3.08. The molecule has 0 amide bonds.